The molecule has 0 aromatic carbocycles. The van der Waals surface area contributed by atoms with Crippen molar-refractivity contribution in [2.24, 2.45) is 16.2 Å². The summed E-state index contributed by atoms with van der Waals surface area (Å²) in [6, 6.07) is 0. The molecule has 9 nitrogen and oxygen atoms in total. The highest BCUT2D eigenvalue weighted by Gasteiger charge is 2.41. The maximum atomic E-state index is 12.4. The van der Waals surface area contributed by atoms with Crippen LogP contribution < -0.4 is 0 Å². The summed E-state index contributed by atoms with van der Waals surface area (Å²) in [4.78, 5) is 37.2. The van der Waals surface area contributed by atoms with Gasteiger partial charge in [0.05, 0.1) is 16.2 Å². The molecular formula is C18H33O9P. The minimum atomic E-state index is -2.70. The molecule has 3 N–H and O–H groups in total. The maximum Gasteiger partial charge on any atom is 0.537 e. The minimum Gasteiger partial charge on any atom is -0.396 e. The van der Waals surface area contributed by atoms with Crippen LogP contribution in [-0.4, -0.2) is 53.0 Å². The van der Waals surface area contributed by atoms with Crippen molar-refractivity contribution in [1.29, 1.82) is 0 Å². The van der Waals surface area contributed by atoms with Gasteiger partial charge in [0, 0.05) is 19.8 Å². The first-order chi connectivity index (χ1) is 12.7. The summed E-state index contributed by atoms with van der Waals surface area (Å²) >= 11 is 0. The van der Waals surface area contributed by atoms with Gasteiger partial charge in [0.2, 0.25) is 0 Å². The van der Waals surface area contributed by atoms with Crippen LogP contribution in [0.25, 0.3) is 0 Å². The summed E-state index contributed by atoms with van der Waals surface area (Å²) in [7, 11) is -2.70. The molecule has 0 bridgehead atoms. The maximum absolute atomic E-state index is 12.4. The fourth-order valence-electron chi connectivity index (χ4n) is 1.77. The van der Waals surface area contributed by atoms with E-state index in [-0.39, 0.29) is 39.1 Å². The Morgan fingerprint density at radius 1 is 0.607 bits per heavy atom. The Hall–Kier alpha value is -1.28. The molecule has 0 aliphatic heterocycles. The Balaban J connectivity index is 5.46. The van der Waals surface area contributed by atoms with E-state index in [1.54, 1.807) is 0 Å². The number of aliphatic hydroxyl groups is 3. The molecule has 0 unspecified atom stereocenters. The van der Waals surface area contributed by atoms with Crippen LogP contribution in [0.2, 0.25) is 0 Å². The molecule has 0 atom stereocenters. The highest BCUT2D eigenvalue weighted by molar-refractivity contribution is 7.43. The Kier molecular flexibility index (Phi) is 10.5. The molecule has 0 spiro atoms. The quantitative estimate of drug-likeness (QED) is 0.402. The number of hydrogen-bond donors (Lipinski definition) is 3. The number of rotatable bonds is 12. The molecule has 0 radical (unpaired) electrons. The summed E-state index contributed by atoms with van der Waals surface area (Å²) in [5, 5.41) is 27.3. The molecule has 0 fully saturated rings. The Bertz CT molecular complexity index is 467. The molecule has 0 aromatic rings. The van der Waals surface area contributed by atoms with Gasteiger partial charge in [0.1, 0.15) is 0 Å². The van der Waals surface area contributed by atoms with Crippen molar-refractivity contribution < 1.29 is 43.3 Å². The van der Waals surface area contributed by atoms with Gasteiger partial charge in [-0.05, 0) is 60.8 Å². The van der Waals surface area contributed by atoms with E-state index in [0.717, 1.165) is 0 Å². The monoisotopic (exact) mass is 424 g/mol. The molecule has 164 valence electrons. The van der Waals surface area contributed by atoms with Crippen molar-refractivity contribution in [1.82, 2.24) is 0 Å². The standard InChI is InChI=1S/C18H33O9P/c1-16(2,7-10-19)13(22)25-28(26-14(23)17(3,4)8-11-20)27-15(24)18(5,6)9-12-21/h19-21H,7-12H2,1-6H3. The van der Waals surface area contributed by atoms with Crippen molar-refractivity contribution in [3.8, 4) is 0 Å². The number of aliphatic hydroxyl groups excluding tert-OH is 3. The smallest absolute Gasteiger partial charge is 0.396 e. The van der Waals surface area contributed by atoms with Crippen LogP contribution in [0.15, 0.2) is 0 Å². The van der Waals surface area contributed by atoms with E-state index in [0.29, 0.717) is 0 Å². The number of hydrogen-bond acceptors (Lipinski definition) is 9. The molecule has 0 saturated heterocycles. The van der Waals surface area contributed by atoms with Crippen LogP contribution >= 0.6 is 8.60 Å². The Morgan fingerprint density at radius 2 is 0.821 bits per heavy atom. The summed E-state index contributed by atoms with van der Waals surface area (Å²) in [5.41, 5.74) is -3.26. The van der Waals surface area contributed by atoms with E-state index in [1.807, 2.05) is 0 Å². The highest BCUT2D eigenvalue weighted by atomic mass is 31.2. The second kappa shape index (κ2) is 11.0. The zero-order valence-corrected chi connectivity index (χ0v) is 18.4. The minimum absolute atomic E-state index is 0.100. The lowest BCUT2D eigenvalue weighted by Gasteiger charge is -2.28. The Morgan fingerprint density at radius 3 is 1.00 bits per heavy atom. The SMILES string of the molecule is CC(C)(CCO)C(=O)OP(OC(=O)C(C)(C)CCO)OC(=O)C(C)(C)CCO. The van der Waals surface area contributed by atoms with Crippen molar-refractivity contribution in [2.45, 2.75) is 60.8 Å². The van der Waals surface area contributed by atoms with Crippen molar-refractivity contribution in [3.63, 3.8) is 0 Å². The Labute approximate surface area is 167 Å². The van der Waals surface area contributed by atoms with Crippen molar-refractivity contribution >= 4 is 26.5 Å². The molecule has 0 aromatic heterocycles. The van der Waals surface area contributed by atoms with E-state index in [9.17, 15) is 14.4 Å². The third-order valence-corrected chi connectivity index (χ3v) is 5.29. The zero-order valence-electron chi connectivity index (χ0n) is 17.5. The fraction of sp³-hybridized carbons (Fsp3) is 0.833. The molecule has 0 rings (SSSR count). The van der Waals surface area contributed by atoms with Gasteiger partial charge in [-0.2, -0.15) is 0 Å². The topological polar surface area (TPSA) is 140 Å². The van der Waals surface area contributed by atoms with E-state index in [1.165, 1.54) is 41.5 Å². The van der Waals surface area contributed by atoms with Gasteiger partial charge in [-0.25, -0.2) is 0 Å². The summed E-state index contributed by atoms with van der Waals surface area (Å²) in [6.45, 7) is 8.44. The first kappa shape index (κ1) is 26.7. The van der Waals surface area contributed by atoms with Crippen LogP contribution in [-0.2, 0) is 28.0 Å². The normalized spacial score (nSPS) is 12.6. The van der Waals surface area contributed by atoms with Crippen LogP contribution in [0.4, 0.5) is 0 Å². The second-order valence-corrected chi connectivity index (χ2v) is 9.43. The number of carbonyl (C=O) groups excluding carboxylic acids is 3. The lowest BCUT2D eigenvalue weighted by molar-refractivity contribution is -0.154. The number of carbonyl (C=O) groups is 3. The average molecular weight is 424 g/mol. The van der Waals surface area contributed by atoms with Gasteiger partial charge >= 0.3 is 26.5 Å². The lowest BCUT2D eigenvalue weighted by Crippen LogP contribution is -2.32. The summed E-state index contributed by atoms with van der Waals surface area (Å²) in [5.74, 6) is -2.39. The third kappa shape index (κ3) is 8.39. The largest absolute Gasteiger partial charge is 0.537 e. The van der Waals surface area contributed by atoms with E-state index >= 15 is 0 Å². The molecule has 0 aliphatic rings. The van der Waals surface area contributed by atoms with Crippen molar-refractivity contribution in [3.05, 3.63) is 0 Å². The zero-order chi connectivity index (χ0) is 22.2. The first-order valence-corrected chi connectivity index (χ1v) is 10.1. The van der Waals surface area contributed by atoms with Crippen LogP contribution in [0.5, 0.6) is 0 Å². The fourth-order valence-corrected chi connectivity index (χ4v) is 3.03. The second-order valence-electron chi connectivity index (χ2n) is 8.43. The molecule has 0 aliphatic carbocycles. The van der Waals surface area contributed by atoms with E-state index in [4.69, 9.17) is 28.9 Å². The highest BCUT2D eigenvalue weighted by Crippen LogP contribution is 2.46. The molecule has 0 amide bonds. The van der Waals surface area contributed by atoms with Crippen LogP contribution in [0, 0.1) is 16.2 Å². The van der Waals surface area contributed by atoms with Crippen LogP contribution in [0.3, 0.4) is 0 Å². The van der Waals surface area contributed by atoms with Crippen LogP contribution in [0.1, 0.15) is 60.8 Å². The average Bonchev–Trinajstić information content (AvgIpc) is 2.54. The summed E-state index contributed by atoms with van der Waals surface area (Å²) < 4.78 is 15.5. The van der Waals surface area contributed by atoms with E-state index in [2.05, 4.69) is 0 Å². The third-order valence-electron chi connectivity index (χ3n) is 4.34. The predicted octanol–water partition coefficient (Wildman–Crippen LogP) is 2.07. The molecule has 0 saturated carbocycles. The predicted molar refractivity (Wildman–Crippen MR) is 102 cm³/mol. The molecule has 0 heterocycles. The summed E-state index contributed by atoms with van der Waals surface area (Å²) in [6.07, 6.45) is 0.300. The molecule has 28 heavy (non-hydrogen) atoms. The van der Waals surface area contributed by atoms with Gasteiger partial charge in [-0.3, -0.25) is 14.4 Å². The van der Waals surface area contributed by atoms with Crippen molar-refractivity contribution in [2.75, 3.05) is 19.8 Å². The van der Waals surface area contributed by atoms with Gasteiger partial charge in [0.15, 0.2) is 0 Å². The van der Waals surface area contributed by atoms with Gasteiger partial charge in [0.25, 0.3) is 0 Å². The lowest BCUT2D eigenvalue weighted by atomic mass is 9.90. The van der Waals surface area contributed by atoms with Gasteiger partial charge in [-0.15, -0.1) is 0 Å². The van der Waals surface area contributed by atoms with Gasteiger partial charge < -0.3 is 28.9 Å². The molecular weight excluding hydrogens is 391 g/mol. The van der Waals surface area contributed by atoms with E-state index < -0.39 is 42.8 Å². The molecule has 10 heteroatoms. The van der Waals surface area contributed by atoms with Gasteiger partial charge in [-0.1, -0.05) is 0 Å². The first-order valence-electron chi connectivity index (χ1n) is 9.03.